The number of halogens is 1. The van der Waals surface area contributed by atoms with E-state index in [1.807, 2.05) is 12.1 Å². The quantitative estimate of drug-likeness (QED) is 0.791. The van der Waals surface area contributed by atoms with E-state index in [1.54, 1.807) is 0 Å². The van der Waals surface area contributed by atoms with E-state index in [1.165, 1.54) is 17.7 Å². The molecular formula is C16H19FN4O. The van der Waals surface area contributed by atoms with Gasteiger partial charge in [0, 0.05) is 6.04 Å². The van der Waals surface area contributed by atoms with Crippen LogP contribution < -0.4 is 5.32 Å². The van der Waals surface area contributed by atoms with Crippen LogP contribution >= 0.6 is 0 Å². The third-order valence-electron chi connectivity index (χ3n) is 3.90. The molecule has 1 atom stereocenters. The highest BCUT2D eigenvalue weighted by Crippen LogP contribution is 2.27. The largest absolute Gasteiger partial charge is 0.388 e. The third kappa shape index (κ3) is 3.58. The molecule has 1 aliphatic carbocycles. The highest BCUT2D eigenvalue weighted by Gasteiger charge is 2.15. The van der Waals surface area contributed by atoms with E-state index < -0.39 is 0 Å². The van der Waals surface area contributed by atoms with Crippen LogP contribution in [0.2, 0.25) is 0 Å². The van der Waals surface area contributed by atoms with Gasteiger partial charge in [-0.3, -0.25) is 5.10 Å². The number of aromatic nitrogens is 3. The summed E-state index contributed by atoms with van der Waals surface area (Å²) in [6.07, 6.45) is 5.15. The Morgan fingerprint density at radius 2 is 2.14 bits per heavy atom. The summed E-state index contributed by atoms with van der Waals surface area (Å²) in [7, 11) is 0. The first kappa shape index (κ1) is 14.9. The van der Waals surface area contributed by atoms with Crippen molar-refractivity contribution in [1.29, 1.82) is 0 Å². The predicted octanol–water partition coefficient (Wildman–Crippen LogP) is 2.16. The van der Waals surface area contributed by atoms with E-state index in [-0.39, 0.29) is 12.4 Å². The summed E-state index contributed by atoms with van der Waals surface area (Å²) in [6, 6.07) is 7.06. The van der Waals surface area contributed by atoms with E-state index in [0.29, 0.717) is 24.2 Å². The van der Waals surface area contributed by atoms with Gasteiger partial charge in [-0.05, 0) is 42.5 Å². The van der Waals surface area contributed by atoms with Gasteiger partial charge < -0.3 is 10.4 Å². The average Bonchev–Trinajstić information content (AvgIpc) is 3.02. The highest BCUT2D eigenvalue weighted by molar-refractivity contribution is 5.66. The Kier molecular flexibility index (Phi) is 4.60. The molecule has 1 aromatic carbocycles. The molecule has 22 heavy (non-hydrogen) atoms. The number of aliphatic hydroxyl groups is 1. The second-order valence-corrected chi connectivity index (χ2v) is 5.44. The molecule has 0 aliphatic heterocycles. The smallest absolute Gasteiger partial charge is 0.164 e. The van der Waals surface area contributed by atoms with Crippen molar-refractivity contribution in [1.82, 2.24) is 20.5 Å². The molecule has 1 aliphatic rings. The van der Waals surface area contributed by atoms with Crippen LogP contribution in [0.5, 0.6) is 0 Å². The van der Waals surface area contributed by atoms with Gasteiger partial charge >= 0.3 is 0 Å². The lowest BCUT2D eigenvalue weighted by Crippen LogP contribution is -2.30. The Morgan fingerprint density at radius 3 is 2.77 bits per heavy atom. The van der Waals surface area contributed by atoms with Crippen molar-refractivity contribution in [2.45, 2.75) is 38.5 Å². The number of H-pyrrole nitrogens is 1. The molecule has 1 aromatic heterocycles. The maximum absolute atomic E-state index is 12.9. The van der Waals surface area contributed by atoms with Crippen LogP contribution in [0.4, 0.5) is 4.39 Å². The summed E-state index contributed by atoms with van der Waals surface area (Å²) in [5.41, 5.74) is 2.37. The molecule has 0 bridgehead atoms. The monoisotopic (exact) mass is 302 g/mol. The van der Waals surface area contributed by atoms with Gasteiger partial charge in [-0.15, -0.1) is 0 Å². The first-order valence-corrected chi connectivity index (χ1v) is 7.44. The molecule has 0 saturated heterocycles. The van der Waals surface area contributed by atoms with E-state index in [9.17, 15) is 4.39 Å². The standard InChI is InChI=1S/C16H19FN4O/c17-13-5-1-11(2-6-13)12-3-7-14(8-4-12)18-9-15-19-16(10-22)21-20-15/h1-3,5-6,14,18,22H,4,7-10H2,(H,19,20,21). The first-order valence-electron chi connectivity index (χ1n) is 7.44. The number of nitrogens with one attached hydrogen (secondary N) is 2. The highest BCUT2D eigenvalue weighted by atomic mass is 19.1. The van der Waals surface area contributed by atoms with Gasteiger partial charge in [-0.1, -0.05) is 18.2 Å². The molecule has 116 valence electrons. The van der Waals surface area contributed by atoms with E-state index in [2.05, 4.69) is 26.6 Å². The fraction of sp³-hybridized carbons (Fsp3) is 0.375. The number of rotatable bonds is 5. The molecule has 0 saturated carbocycles. The molecule has 0 amide bonds. The predicted molar refractivity (Wildman–Crippen MR) is 81.2 cm³/mol. The van der Waals surface area contributed by atoms with Crippen molar-refractivity contribution in [2.24, 2.45) is 0 Å². The fourth-order valence-corrected chi connectivity index (χ4v) is 2.67. The molecule has 0 fully saturated rings. The summed E-state index contributed by atoms with van der Waals surface area (Å²) >= 11 is 0. The molecular weight excluding hydrogens is 283 g/mol. The number of hydrogen-bond donors (Lipinski definition) is 3. The van der Waals surface area contributed by atoms with Gasteiger partial charge in [0.05, 0.1) is 6.54 Å². The summed E-state index contributed by atoms with van der Waals surface area (Å²) in [5, 5.41) is 19.1. The van der Waals surface area contributed by atoms with Crippen molar-refractivity contribution in [3.05, 3.63) is 53.4 Å². The Morgan fingerprint density at radius 1 is 1.32 bits per heavy atom. The van der Waals surface area contributed by atoms with Crippen molar-refractivity contribution in [3.63, 3.8) is 0 Å². The van der Waals surface area contributed by atoms with Crippen molar-refractivity contribution < 1.29 is 9.50 Å². The summed E-state index contributed by atoms with van der Waals surface area (Å²) in [4.78, 5) is 4.15. The molecule has 1 unspecified atom stereocenters. The molecule has 0 radical (unpaired) electrons. The first-order chi connectivity index (χ1) is 10.7. The van der Waals surface area contributed by atoms with Gasteiger partial charge in [-0.25, -0.2) is 9.37 Å². The fourth-order valence-electron chi connectivity index (χ4n) is 2.67. The zero-order valence-corrected chi connectivity index (χ0v) is 12.2. The van der Waals surface area contributed by atoms with Crippen LogP contribution in [-0.2, 0) is 13.2 Å². The average molecular weight is 302 g/mol. The molecule has 0 spiro atoms. The van der Waals surface area contributed by atoms with E-state index in [0.717, 1.165) is 24.8 Å². The Balaban J connectivity index is 1.53. The minimum atomic E-state index is -0.201. The van der Waals surface area contributed by atoms with E-state index in [4.69, 9.17) is 5.11 Å². The SMILES string of the molecule is OCc1nc(CNC2CC=C(c3ccc(F)cc3)CC2)n[nH]1. The van der Waals surface area contributed by atoms with Crippen LogP contribution in [0, 0.1) is 5.82 Å². The van der Waals surface area contributed by atoms with Crippen LogP contribution in [0.1, 0.15) is 36.5 Å². The molecule has 1 heterocycles. The van der Waals surface area contributed by atoms with Crippen LogP contribution in [0.3, 0.4) is 0 Å². The molecule has 3 N–H and O–H groups in total. The molecule has 5 nitrogen and oxygen atoms in total. The molecule has 3 rings (SSSR count). The summed E-state index contributed by atoms with van der Waals surface area (Å²) in [6.45, 7) is 0.459. The maximum Gasteiger partial charge on any atom is 0.164 e. The number of nitrogens with zero attached hydrogens (tertiary/aromatic N) is 2. The second-order valence-electron chi connectivity index (χ2n) is 5.44. The number of aliphatic hydroxyl groups excluding tert-OH is 1. The van der Waals surface area contributed by atoms with Crippen LogP contribution in [0.15, 0.2) is 30.3 Å². The van der Waals surface area contributed by atoms with Gasteiger partial charge in [0.2, 0.25) is 0 Å². The number of aromatic amines is 1. The zero-order valence-electron chi connectivity index (χ0n) is 12.2. The number of hydrogen-bond acceptors (Lipinski definition) is 4. The van der Waals surface area contributed by atoms with Crippen molar-refractivity contribution in [2.75, 3.05) is 0 Å². The second kappa shape index (κ2) is 6.81. The zero-order chi connectivity index (χ0) is 15.4. The topological polar surface area (TPSA) is 73.8 Å². The van der Waals surface area contributed by atoms with Gasteiger partial charge in [0.25, 0.3) is 0 Å². The van der Waals surface area contributed by atoms with Gasteiger partial charge in [0.1, 0.15) is 18.2 Å². The lowest BCUT2D eigenvalue weighted by Gasteiger charge is -2.22. The number of allylic oxidation sites excluding steroid dienone is 1. The molecule has 2 aromatic rings. The van der Waals surface area contributed by atoms with Crippen LogP contribution in [-0.4, -0.2) is 26.3 Å². The van der Waals surface area contributed by atoms with Crippen molar-refractivity contribution in [3.8, 4) is 0 Å². The lowest BCUT2D eigenvalue weighted by molar-refractivity contribution is 0.271. The third-order valence-corrected chi connectivity index (χ3v) is 3.90. The lowest BCUT2D eigenvalue weighted by atomic mass is 9.91. The molecule has 6 heteroatoms. The Bertz CT molecular complexity index is 650. The Hall–Kier alpha value is -2.05. The summed E-state index contributed by atoms with van der Waals surface area (Å²) < 4.78 is 12.9. The number of benzene rings is 1. The normalized spacial score (nSPS) is 18.3. The Labute approximate surface area is 128 Å². The minimum Gasteiger partial charge on any atom is -0.388 e. The van der Waals surface area contributed by atoms with Crippen molar-refractivity contribution >= 4 is 5.57 Å². The summed E-state index contributed by atoms with van der Waals surface area (Å²) in [5.74, 6) is 0.949. The van der Waals surface area contributed by atoms with E-state index >= 15 is 0 Å². The van der Waals surface area contributed by atoms with Gasteiger partial charge in [0.15, 0.2) is 5.82 Å². The van der Waals surface area contributed by atoms with Crippen LogP contribution in [0.25, 0.3) is 5.57 Å². The minimum absolute atomic E-state index is 0.125. The maximum atomic E-state index is 12.9. The van der Waals surface area contributed by atoms with Gasteiger partial charge in [-0.2, -0.15) is 5.10 Å².